The average molecular weight is 405 g/mol. The van der Waals surface area contributed by atoms with Gasteiger partial charge in [0.1, 0.15) is 6.04 Å². The van der Waals surface area contributed by atoms with Crippen molar-refractivity contribution in [2.24, 2.45) is 4.99 Å². The molecule has 0 spiro atoms. The van der Waals surface area contributed by atoms with Gasteiger partial charge in [-0.2, -0.15) is 0 Å². The van der Waals surface area contributed by atoms with Crippen LogP contribution in [-0.4, -0.2) is 29.7 Å². The van der Waals surface area contributed by atoms with Crippen LogP contribution in [0.25, 0.3) is 10.4 Å². The molecule has 0 aliphatic carbocycles. The lowest BCUT2D eigenvalue weighted by molar-refractivity contribution is -0.144. The molecule has 0 N–H and O–H groups in total. The highest BCUT2D eigenvalue weighted by atomic mass is 32.1. The zero-order valence-corrected chi connectivity index (χ0v) is 18.2. The zero-order chi connectivity index (χ0) is 20.4. The van der Waals surface area contributed by atoms with Crippen molar-refractivity contribution in [1.29, 1.82) is 0 Å². The number of carbonyl (C=O) groups is 1. The van der Waals surface area contributed by atoms with Gasteiger partial charge in [0, 0.05) is 4.88 Å². The highest BCUT2D eigenvalue weighted by molar-refractivity contribution is 7.16. The minimum atomic E-state index is -0.515. The number of carbonyl (C=O) groups excluding carboxylic acids is 1. The van der Waals surface area contributed by atoms with Gasteiger partial charge in [0.25, 0.3) is 0 Å². The summed E-state index contributed by atoms with van der Waals surface area (Å²) in [6, 6.07) is -0.515. The molecule has 152 valence electrons. The first kappa shape index (κ1) is 20.6. The maximum Gasteiger partial charge on any atom is 0.308 e. The van der Waals surface area contributed by atoms with Gasteiger partial charge in [-0.3, -0.25) is 4.79 Å². The van der Waals surface area contributed by atoms with Gasteiger partial charge < -0.3 is 14.0 Å². The van der Waals surface area contributed by atoms with Gasteiger partial charge >= 0.3 is 5.97 Å². The molecule has 2 aromatic rings. The van der Waals surface area contributed by atoms with E-state index in [0.29, 0.717) is 18.3 Å². The van der Waals surface area contributed by atoms with Crippen LogP contribution in [0, 0.1) is 20.8 Å². The first-order valence-electron chi connectivity index (χ1n) is 9.80. The number of hydrogen-bond acceptors (Lipinski definition) is 7. The van der Waals surface area contributed by atoms with Gasteiger partial charge in [-0.1, -0.05) is 18.5 Å². The van der Waals surface area contributed by atoms with Gasteiger partial charge in [0.15, 0.2) is 5.76 Å². The predicted molar refractivity (Wildman–Crippen MR) is 110 cm³/mol. The Morgan fingerprint density at radius 3 is 2.68 bits per heavy atom. The second kappa shape index (κ2) is 8.47. The lowest BCUT2D eigenvalue weighted by atomic mass is 10.0. The third-order valence-electron chi connectivity index (χ3n) is 4.76. The third kappa shape index (κ3) is 3.99. The first-order chi connectivity index (χ1) is 13.3. The van der Waals surface area contributed by atoms with Crippen molar-refractivity contribution >= 4 is 23.2 Å². The number of rotatable bonds is 6. The van der Waals surface area contributed by atoms with Gasteiger partial charge in [0.2, 0.25) is 5.90 Å². The normalized spacial score (nSPS) is 15.7. The summed E-state index contributed by atoms with van der Waals surface area (Å²) in [6.07, 6.45) is 1.89. The van der Waals surface area contributed by atoms with E-state index < -0.39 is 6.04 Å². The Bertz CT molecular complexity index is 895. The molecule has 0 bridgehead atoms. The molecule has 0 aromatic carbocycles. The number of aromatic nitrogens is 1. The number of aryl methyl sites for hydroxylation is 2. The molecule has 1 aliphatic heterocycles. The summed E-state index contributed by atoms with van der Waals surface area (Å²) in [4.78, 5) is 19.5. The predicted octanol–water partition coefficient (Wildman–Crippen LogP) is 5.29. The van der Waals surface area contributed by atoms with Crippen LogP contribution in [0.2, 0.25) is 0 Å². The van der Waals surface area contributed by atoms with Crippen molar-refractivity contribution in [3.63, 3.8) is 0 Å². The summed E-state index contributed by atoms with van der Waals surface area (Å²) in [7, 11) is 0. The number of thiophene rings is 1. The van der Waals surface area contributed by atoms with Gasteiger partial charge in [-0.25, -0.2) is 4.99 Å². The lowest BCUT2D eigenvalue weighted by Gasteiger charge is -2.15. The number of esters is 1. The molecule has 0 unspecified atom stereocenters. The van der Waals surface area contributed by atoms with E-state index in [1.807, 2.05) is 20.8 Å². The van der Waals surface area contributed by atoms with Gasteiger partial charge in [0.05, 0.1) is 40.8 Å². The molecule has 3 rings (SSSR count). The van der Waals surface area contributed by atoms with Crippen molar-refractivity contribution in [3.05, 3.63) is 27.5 Å². The molecule has 1 aliphatic rings. The van der Waals surface area contributed by atoms with Crippen LogP contribution in [-0.2, 0) is 14.3 Å². The number of hydrogen-bond donors (Lipinski definition) is 0. The van der Waals surface area contributed by atoms with Crippen LogP contribution in [0.1, 0.15) is 73.5 Å². The standard InChI is InChI=1S/C21H28N2O4S/c1-7-8-9-25-16(24)10-15-19-18(13(5)23-27-19)20-17(12(4)14(6)28-20)21(22-15)26-11(2)3/h11,15H,7-10H2,1-6H3/t15-/m0/s1. The first-order valence-corrected chi connectivity index (χ1v) is 10.6. The van der Waals surface area contributed by atoms with Crippen LogP contribution in [0.4, 0.5) is 0 Å². The SMILES string of the molecule is CCCCOC(=O)C[C@@H]1N=C(OC(C)C)c2c(sc(C)c2C)-c2c(C)noc21. The van der Waals surface area contributed by atoms with Gasteiger partial charge in [-0.05, 0) is 46.6 Å². The van der Waals surface area contributed by atoms with E-state index in [2.05, 4.69) is 25.9 Å². The molecule has 6 nitrogen and oxygen atoms in total. The summed E-state index contributed by atoms with van der Waals surface area (Å²) < 4.78 is 17.1. The van der Waals surface area contributed by atoms with E-state index in [9.17, 15) is 4.79 Å². The average Bonchev–Trinajstić information content (AvgIpc) is 3.09. The molecule has 2 aromatic heterocycles. The zero-order valence-electron chi connectivity index (χ0n) is 17.4. The Labute approximate surface area is 169 Å². The summed E-state index contributed by atoms with van der Waals surface area (Å²) in [5.74, 6) is 0.878. The lowest BCUT2D eigenvalue weighted by Crippen LogP contribution is -2.16. The minimum absolute atomic E-state index is 0.0352. The quantitative estimate of drug-likeness (QED) is 0.483. The van der Waals surface area contributed by atoms with E-state index in [-0.39, 0.29) is 18.5 Å². The molecule has 7 heteroatoms. The van der Waals surface area contributed by atoms with Crippen molar-refractivity contribution in [3.8, 4) is 10.4 Å². The van der Waals surface area contributed by atoms with Gasteiger partial charge in [-0.15, -0.1) is 11.3 Å². The van der Waals surface area contributed by atoms with Crippen LogP contribution >= 0.6 is 11.3 Å². The molecule has 0 fully saturated rings. The maximum absolute atomic E-state index is 12.4. The van der Waals surface area contributed by atoms with Crippen molar-refractivity contribution in [1.82, 2.24) is 5.16 Å². The molecule has 3 heterocycles. The Morgan fingerprint density at radius 1 is 1.25 bits per heavy atom. The van der Waals surface area contributed by atoms with E-state index in [4.69, 9.17) is 19.0 Å². The Hall–Kier alpha value is -2.15. The van der Waals surface area contributed by atoms with E-state index >= 15 is 0 Å². The molecular formula is C21H28N2O4S. The Morgan fingerprint density at radius 2 is 2.00 bits per heavy atom. The van der Waals surface area contributed by atoms with Crippen LogP contribution in [0.5, 0.6) is 0 Å². The highest BCUT2D eigenvalue weighted by Crippen LogP contribution is 2.45. The molecule has 28 heavy (non-hydrogen) atoms. The Balaban J connectivity index is 2.05. The fourth-order valence-electron chi connectivity index (χ4n) is 3.21. The van der Waals surface area contributed by atoms with Crippen molar-refractivity contribution in [2.45, 2.75) is 73.0 Å². The van der Waals surface area contributed by atoms with E-state index in [1.54, 1.807) is 11.3 Å². The number of nitrogens with zero attached hydrogens (tertiary/aromatic N) is 2. The second-order valence-electron chi connectivity index (χ2n) is 7.39. The number of aliphatic imine (C=N–C) groups is 1. The molecule has 0 saturated heterocycles. The minimum Gasteiger partial charge on any atom is -0.475 e. The summed E-state index contributed by atoms with van der Waals surface area (Å²) in [5.41, 5.74) is 3.83. The van der Waals surface area contributed by atoms with E-state index in [1.165, 1.54) is 4.88 Å². The fraction of sp³-hybridized carbons (Fsp3) is 0.571. The number of unbranched alkanes of at least 4 members (excludes halogenated alkanes) is 1. The topological polar surface area (TPSA) is 73.9 Å². The third-order valence-corrected chi connectivity index (χ3v) is 5.98. The summed E-state index contributed by atoms with van der Waals surface area (Å²) in [6.45, 7) is 12.5. The van der Waals surface area contributed by atoms with E-state index in [0.717, 1.165) is 40.1 Å². The molecular weight excluding hydrogens is 376 g/mol. The van der Waals surface area contributed by atoms with Crippen LogP contribution < -0.4 is 0 Å². The Kier molecular flexibility index (Phi) is 6.23. The molecule has 0 saturated carbocycles. The van der Waals surface area contributed by atoms with Crippen LogP contribution in [0.3, 0.4) is 0 Å². The number of fused-ring (bicyclic) bond motifs is 3. The molecule has 0 amide bonds. The second-order valence-corrected chi connectivity index (χ2v) is 8.61. The molecule has 1 atom stereocenters. The maximum atomic E-state index is 12.4. The van der Waals surface area contributed by atoms with Crippen LogP contribution in [0.15, 0.2) is 9.52 Å². The monoisotopic (exact) mass is 404 g/mol. The highest BCUT2D eigenvalue weighted by Gasteiger charge is 2.35. The smallest absolute Gasteiger partial charge is 0.308 e. The van der Waals surface area contributed by atoms with Crippen molar-refractivity contribution < 1.29 is 18.8 Å². The fourth-order valence-corrected chi connectivity index (χ4v) is 4.47. The molecule has 0 radical (unpaired) electrons. The largest absolute Gasteiger partial charge is 0.475 e. The summed E-state index contributed by atoms with van der Waals surface area (Å²) >= 11 is 1.68. The summed E-state index contributed by atoms with van der Waals surface area (Å²) in [5, 5.41) is 4.17. The number of ether oxygens (including phenoxy) is 2. The van der Waals surface area contributed by atoms with Crippen molar-refractivity contribution in [2.75, 3.05) is 6.61 Å².